The number of ether oxygens (including phenoxy) is 1. The number of hydrogen-bond donors (Lipinski definition) is 2. The lowest BCUT2D eigenvalue weighted by molar-refractivity contribution is -0.159. The van der Waals surface area contributed by atoms with Crippen molar-refractivity contribution in [3.8, 4) is 11.3 Å². The average Bonchev–Trinajstić information content (AvgIpc) is 3.51. The predicted molar refractivity (Wildman–Crippen MR) is 156 cm³/mol. The Labute approximate surface area is 238 Å². The third-order valence-corrected chi connectivity index (χ3v) is 8.81. The van der Waals surface area contributed by atoms with Crippen molar-refractivity contribution in [1.29, 1.82) is 0 Å². The van der Waals surface area contributed by atoms with Crippen LogP contribution in [-0.4, -0.2) is 56.5 Å². The molecule has 0 saturated carbocycles. The van der Waals surface area contributed by atoms with Crippen molar-refractivity contribution in [1.82, 2.24) is 19.4 Å². The fourth-order valence-corrected chi connectivity index (χ4v) is 6.55. The topological polar surface area (TPSA) is 115 Å². The number of aryl methyl sites for hydroxylation is 1. The molecule has 1 spiro atoms. The summed E-state index contributed by atoms with van der Waals surface area (Å²) < 4.78 is 23.0. The van der Waals surface area contributed by atoms with E-state index in [1.54, 1.807) is 19.1 Å². The van der Waals surface area contributed by atoms with E-state index in [4.69, 9.17) is 10.5 Å². The van der Waals surface area contributed by atoms with E-state index >= 15 is 4.39 Å². The molecule has 0 bridgehead atoms. The Morgan fingerprint density at radius 2 is 2.10 bits per heavy atom. The van der Waals surface area contributed by atoms with Gasteiger partial charge in [-0.25, -0.2) is 14.4 Å². The Morgan fingerprint density at radius 1 is 1.29 bits per heavy atom. The standard InChI is InChI=1S/C31H35FN6O3/c1-18(2)30(40)36-21-9-10-22(23(32)14-21)27-25(26-28(33)34-17-35-29(26)37(27)3)20-7-5-19(6-8-20)13-24(39)38-12-4-11-31(38)15-41-16-31/h7,9-10,14,17,19H,1,4-6,8,11-13,15-16H2,2-3H3,(H,36,40)(H2,33,34,35)/t19-/m1/s1. The number of fused-ring (bicyclic) bond motifs is 1. The maximum Gasteiger partial charge on any atom is 0.250 e. The van der Waals surface area contributed by atoms with E-state index < -0.39 is 5.82 Å². The summed E-state index contributed by atoms with van der Waals surface area (Å²) in [7, 11) is 1.84. The molecule has 2 aliphatic heterocycles. The molecule has 4 heterocycles. The van der Waals surface area contributed by atoms with Gasteiger partial charge in [-0.1, -0.05) is 12.7 Å². The third-order valence-electron chi connectivity index (χ3n) is 8.81. The molecule has 3 aliphatic rings. The van der Waals surface area contributed by atoms with Crippen molar-refractivity contribution in [2.75, 3.05) is 30.8 Å². The molecule has 0 radical (unpaired) electrons. The Balaban J connectivity index is 1.31. The zero-order valence-electron chi connectivity index (χ0n) is 23.5. The molecule has 2 aromatic heterocycles. The van der Waals surface area contributed by atoms with Crippen LogP contribution in [0.15, 0.2) is 42.8 Å². The molecular weight excluding hydrogens is 523 g/mol. The molecule has 1 aromatic carbocycles. The number of nitrogen functional groups attached to an aromatic ring is 1. The first kappa shape index (κ1) is 27.1. The largest absolute Gasteiger partial charge is 0.383 e. The number of hydrogen-bond acceptors (Lipinski definition) is 6. The minimum absolute atomic E-state index is 0.0743. The van der Waals surface area contributed by atoms with Gasteiger partial charge in [-0.05, 0) is 68.7 Å². The van der Waals surface area contributed by atoms with Crippen LogP contribution in [0.3, 0.4) is 0 Å². The molecule has 10 heteroatoms. The van der Waals surface area contributed by atoms with Gasteiger partial charge in [0.25, 0.3) is 5.91 Å². The van der Waals surface area contributed by atoms with E-state index in [0.717, 1.165) is 49.8 Å². The van der Waals surface area contributed by atoms with Crippen LogP contribution < -0.4 is 11.1 Å². The van der Waals surface area contributed by atoms with Gasteiger partial charge in [-0.15, -0.1) is 0 Å². The lowest BCUT2D eigenvalue weighted by Gasteiger charge is -2.45. The monoisotopic (exact) mass is 558 g/mol. The number of carbonyl (C=O) groups excluding carboxylic acids is 2. The summed E-state index contributed by atoms with van der Waals surface area (Å²) in [5.74, 6) is -0.0610. The van der Waals surface area contributed by atoms with Crippen LogP contribution in [0.5, 0.6) is 0 Å². The Morgan fingerprint density at radius 3 is 2.76 bits per heavy atom. The highest BCUT2D eigenvalue weighted by molar-refractivity contribution is 6.05. The molecule has 3 N–H and O–H groups in total. The molecule has 6 rings (SSSR count). The first-order chi connectivity index (χ1) is 19.7. The third kappa shape index (κ3) is 4.69. The van der Waals surface area contributed by atoms with Crippen molar-refractivity contribution in [3.05, 3.63) is 54.1 Å². The molecule has 2 amide bonds. The van der Waals surface area contributed by atoms with Crippen LogP contribution in [0.1, 0.15) is 51.0 Å². The summed E-state index contributed by atoms with van der Waals surface area (Å²) in [5, 5.41) is 3.35. The number of allylic oxidation sites excluding steroid dienone is 2. The molecule has 41 heavy (non-hydrogen) atoms. The number of benzene rings is 1. The predicted octanol–water partition coefficient (Wildman–Crippen LogP) is 4.84. The molecule has 1 aliphatic carbocycles. The minimum atomic E-state index is -0.484. The summed E-state index contributed by atoms with van der Waals surface area (Å²) in [6.07, 6.45) is 8.47. The maximum atomic E-state index is 15.7. The number of rotatable bonds is 6. The van der Waals surface area contributed by atoms with E-state index in [9.17, 15) is 9.59 Å². The van der Waals surface area contributed by atoms with Gasteiger partial charge in [-0.2, -0.15) is 0 Å². The number of nitrogens with one attached hydrogen (secondary N) is 1. The SMILES string of the molecule is C=C(C)C(=O)Nc1ccc(-c2c(C3=CC[C@@H](CC(=O)N4CCCC45COC5)CC3)c3c(N)ncnc3n2C)c(F)c1. The molecule has 2 saturated heterocycles. The van der Waals surface area contributed by atoms with Crippen LogP contribution in [0.4, 0.5) is 15.9 Å². The van der Waals surface area contributed by atoms with Gasteiger partial charge < -0.3 is 25.3 Å². The average molecular weight is 559 g/mol. The van der Waals surface area contributed by atoms with Gasteiger partial charge in [-0.3, -0.25) is 9.59 Å². The van der Waals surface area contributed by atoms with Gasteiger partial charge in [0.05, 0.1) is 29.8 Å². The molecule has 214 valence electrons. The number of halogens is 1. The van der Waals surface area contributed by atoms with E-state index in [1.165, 1.54) is 12.4 Å². The minimum Gasteiger partial charge on any atom is -0.383 e. The molecular formula is C31H35FN6O3. The van der Waals surface area contributed by atoms with Crippen LogP contribution in [-0.2, 0) is 21.4 Å². The highest BCUT2D eigenvalue weighted by Crippen LogP contribution is 2.44. The van der Waals surface area contributed by atoms with E-state index in [2.05, 4.69) is 32.8 Å². The lowest BCUT2D eigenvalue weighted by Crippen LogP contribution is -2.60. The number of anilines is 2. The normalized spacial score (nSPS) is 19.7. The highest BCUT2D eigenvalue weighted by Gasteiger charge is 2.49. The van der Waals surface area contributed by atoms with Crippen LogP contribution in [0.25, 0.3) is 27.9 Å². The van der Waals surface area contributed by atoms with Gasteiger partial charge in [0, 0.05) is 42.4 Å². The van der Waals surface area contributed by atoms with Gasteiger partial charge in [0.2, 0.25) is 5.91 Å². The van der Waals surface area contributed by atoms with E-state index in [0.29, 0.717) is 59.0 Å². The van der Waals surface area contributed by atoms with Crippen molar-refractivity contribution >= 4 is 39.9 Å². The fourth-order valence-electron chi connectivity index (χ4n) is 6.55. The second-order valence-corrected chi connectivity index (χ2v) is 11.6. The van der Waals surface area contributed by atoms with E-state index in [1.807, 2.05) is 11.6 Å². The van der Waals surface area contributed by atoms with Crippen molar-refractivity contribution in [2.24, 2.45) is 13.0 Å². The van der Waals surface area contributed by atoms with Crippen LogP contribution in [0, 0.1) is 11.7 Å². The van der Waals surface area contributed by atoms with Crippen molar-refractivity contribution in [2.45, 2.75) is 51.0 Å². The smallest absolute Gasteiger partial charge is 0.250 e. The van der Waals surface area contributed by atoms with Gasteiger partial charge in [0.1, 0.15) is 23.6 Å². The maximum absolute atomic E-state index is 15.7. The molecule has 0 unspecified atom stereocenters. The zero-order valence-corrected chi connectivity index (χ0v) is 23.5. The Kier molecular flexibility index (Phi) is 6.89. The first-order valence-corrected chi connectivity index (χ1v) is 14.1. The first-order valence-electron chi connectivity index (χ1n) is 14.1. The van der Waals surface area contributed by atoms with Crippen LogP contribution in [0.2, 0.25) is 0 Å². The number of amides is 2. The number of aromatic nitrogens is 3. The number of carbonyl (C=O) groups is 2. The summed E-state index contributed by atoms with van der Waals surface area (Å²) in [4.78, 5) is 36.1. The molecule has 1 atom stereocenters. The molecule has 9 nitrogen and oxygen atoms in total. The Hall–Kier alpha value is -4.05. The second kappa shape index (κ2) is 10.4. The highest BCUT2D eigenvalue weighted by atomic mass is 19.1. The van der Waals surface area contributed by atoms with E-state index in [-0.39, 0.29) is 23.3 Å². The summed E-state index contributed by atoms with van der Waals surface area (Å²) in [5.41, 5.74) is 10.5. The summed E-state index contributed by atoms with van der Waals surface area (Å²) in [6, 6.07) is 4.64. The lowest BCUT2D eigenvalue weighted by atomic mass is 9.83. The zero-order chi connectivity index (χ0) is 28.9. The quantitative estimate of drug-likeness (QED) is 0.419. The number of nitrogens with two attached hydrogens (primary N) is 1. The summed E-state index contributed by atoms with van der Waals surface area (Å²) in [6.45, 7) is 7.35. The van der Waals surface area contributed by atoms with Crippen molar-refractivity contribution in [3.63, 3.8) is 0 Å². The molecule has 2 fully saturated rings. The number of likely N-dealkylation sites (tertiary alicyclic amines) is 1. The fraction of sp³-hybridized carbons (Fsp3) is 0.419. The second-order valence-electron chi connectivity index (χ2n) is 11.6. The van der Waals surface area contributed by atoms with Gasteiger partial charge in [0.15, 0.2) is 0 Å². The van der Waals surface area contributed by atoms with Crippen LogP contribution >= 0.6 is 0 Å². The summed E-state index contributed by atoms with van der Waals surface area (Å²) >= 11 is 0. The Bertz CT molecular complexity index is 1600. The molecule has 3 aromatic rings. The van der Waals surface area contributed by atoms with Gasteiger partial charge >= 0.3 is 0 Å². The number of nitrogens with zero attached hydrogens (tertiary/aromatic N) is 4. The van der Waals surface area contributed by atoms with Crippen molar-refractivity contribution < 1.29 is 18.7 Å².